The lowest BCUT2D eigenvalue weighted by atomic mass is 10.0. The summed E-state index contributed by atoms with van der Waals surface area (Å²) in [5.41, 5.74) is 4.31. The molecule has 2 heterocycles. The van der Waals surface area contributed by atoms with E-state index in [0.29, 0.717) is 6.04 Å². The highest BCUT2D eigenvalue weighted by molar-refractivity contribution is 5.84. The first-order valence-corrected chi connectivity index (χ1v) is 11.0. The van der Waals surface area contributed by atoms with Crippen molar-refractivity contribution in [1.82, 2.24) is 20.0 Å². The molecule has 1 fully saturated rings. The third kappa shape index (κ3) is 5.25. The van der Waals surface area contributed by atoms with E-state index in [4.69, 9.17) is 4.74 Å². The van der Waals surface area contributed by atoms with E-state index in [-0.39, 0.29) is 6.09 Å². The van der Waals surface area contributed by atoms with Crippen molar-refractivity contribution in [3.8, 4) is 11.1 Å². The highest BCUT2D eigenvalue weighted by atomic mass is 16.6. The molecule has 1 aromatic heterocycles. The normalized spacial score (nSPS) is 15.6. The summed E-state index contributed by atoms with van der Waals surface area (Å²) in [5, 5.41) is 8.22. The molecule has 1 amide bonds. The van der Waals surface area contributed by atoms with Gasteiger partial charge in [0, 0.05) is 31.1 Å². The zero-order chi connectivity index (χ0) is 22.0. The first kappa shape index (κ1) is 21.4. The highest BCUT2D eigenvalue weighted by Crippen LogP contribution is 2.25. The van der Waals surface area contributed by atoms with Gasteiger partial charge in [0.2, 0.25) is 0 Å². The number of likely N-dealkylation sites (tertiary alicyclic amines) is 1. The molecule has 0 atom stereocenters. The summed E-state index contributed by atoms with van der Waals surface area (Å²) in [6.07, 6.45) is 3.60. The Hall–Kier alpha value is -2.86. The predicted molar refractivity (Wildman–Crippen MR) is 124 cm³/mol. The first-order chi connectivity index (χ1) is 14.8. The molecule has 1 saturated heterocycles. The Kier molecular flexibility index (Phi) is 6.01. The number of nitrogens with zero attached hydrogens (tertiary/aromatic N) is 3. The Labute approximate surface area is 184 Å². The van der Waals surface area contributed by atoms with E-state index in [1.807, 2.05) is 31.9 Å². The lowest BCUT2D eigenvalue weighted by Crippen LogP contribution is -2.46. The second-order valence-electron chi connectivity index (χ2n) is 9.48. The number of fused-ring (bicyclic) bond motifs is 1. The van der Waals surface area contributed by atoms with Crippen LogP contribution in [0.25, 0.3) is 22.0 Å². The van der Waals surface area contributed by atoms with Crippen LogP contribution in [-0.2, 0) is 11.3 Å². The molecule has 31 heavy (non-hydrogen) atoms. The molecular formula is C25H32N4O2. The van der Waals surface area contributed by atoms with Crippen LogP contribution in [0.5, 0.6) is 0 Å². The molecule has 1 aliphatic rings. The van der Waals surface area contributed by atoms with Gasteiger partial charge in [0.15, 0.2) is 0 Å². The zero-order valence-electron chi connectivity index (χ0n) is 18.9. The van der Waals surface area contributed by atoms with Gasteiger partial charge in [-0.3, -0.25) is 10.00 Å². The molecule has 0 saturated carbocycles. The molecular weight excluding hydrogens is 388 g/mol. The quantitative estimate of drug-likeness (QED) is 0.641. The van der Waals surface area contributed by atoms with Crippen LogP contribution >= 0.6 is 0 Å². The number of amides is 1. The fourth-order valence-electron chi connectivity index (χ4n) is 4.16. The van der Waals surface area contributed by atoms with E-state index in [2.05, 4.69) is 64.6 Å². The van der Waals surface area contributed by atoms with E-state index in [1.54, 1.807) is 0 Å². The van der Waals surface area contributed by atoms with Gasteiger partial charge in [0.1, 0.15) is 5.60 Å². The minimum atomic E-state index is -0.443. The number of rotatable bonds is 4. The Morgan fingerprint density at radius 1 is 1.13 bits per heavy atom. The number of H-pyrrole nitrogens is 1. The van der Waals surface area contributed by atoms with Gasteiger partial charge in [0.05, 0.1) is 11.7 Å². The molecule has 1 N–H and O–H groups in total. The van der Waals surface area contributed by atoms with Crippen LogP contribution < -0.4 is 0 Å². The SMILES string of the molecule is CN(Cc1ccc(-c2ccc3[nH]ncc3c2)cc1)C1CCN(C(=O)OC(C)(C)C)CC1. The highest BCUT2D eigenvalue weighted by Gasteiger charge is 2.28. The van der Waals surface area contributed by atoms with Gasteiger partial charge >= 0.3 is 6.09 Å². The lowest BCUT2D eigenvalue weighted by Gasteiger charge is -2.37. The maximum atomic E-state index is 12.3. The van der Waals surface area contributed by atoms with E-state index in [9.17, 15) is 4.79 Å². The van der Waals surface area contributed by atoms with Crippen molar-refractivity contribution in [1.29, 1.82) is 0 Å². The summed E-state index contributed by atoms with van der Waals surface area (Å²) < 4.78 is 5.50. The molecule has 2 aromatic carbocycles. The van der Waals surface area contributed by atoms with Crippen LogP contribution in [0.1, 0.15) is 39.2 Å². The number of benzene rings is 2. The second-order valence-corrected chi connectivity index (χ2v) is 9.48. The number of ether oxygens (including phenoxy) is 1. The zero-order valence-corrected chi connectivity index (χ0v) is 18.9. The number of hydrogen-bond donors (Lipinski definition) is 1. The Bertz CT molecular complexity index is 1030. The van der Waals surface area contributed by atoms with Crippen LogP contribution in [0.2, 0.25) is 0 Å². The molecule has 0 unspecified atom stereocenters. The summed E-state index contributed by atoms with van der Waals surface area (Å²) in [7, 11) is 2.18. The molecule has 0 spiro atoms. The topological polar surface area (TPSA) is 61.5 Å². The van der Waals surface area contributed by atoms with Crippen molar-refractivity contribution < 1.29 is 9.53 Å². The number of aromatic nitrogens is 2. The standard InChI is InChI=1S/C25H32N4O2/c1-25(2,3)31-24(30)29-13-11-22(12-14-29)28(4)17-18-5-7-19(8-6-18)20-9-10-23-21(15-20)16-26-27-23/h5-10,15-16,22H,11-14,17H2,1-4H3,(H,26,27). The maximum absolute atomic E-state index is 12.3. The van der Waals surface area contributed by atoms with Gasteiger partial charge in [-0.2, -0.15) is 5.10 Å². The third-order valence-electron chi connectivity index (χ3n) is 5.90. The van der Waals surface area contributed by atoms with Crippen molar-refractivity contribution >= 4 is 17.0 Å². The molecule has 0 aliphatic carbocycles. The van der Waals surface area contributed by atoms with E-state index in [1.165, 1.54) is 16.7 Å². The number of aromatic amines is 1. The average molecular weight is 421 g/mol. The van der Waals surface area contributed by atoms with Crippen molar-refractivity contribution in [2.45, 2.75) is 51.8 Å². The summed E-state index contributed by atoms with van der Waals surface area (Å²) in [5.74, 6) is 0. The molecule has 1 aliphatic heterocycles. The van der Waals surface area contributed by atoms with Crippen LogP contribution in [0.3, 0.4) is 0 Å². The van der Waals surface area contributed by atoms with Gasteiger partial charge in [-0.25, -0.2) is 4.79 Å². The minimum Gasteiger partial charge on any atom is -0.444 e. The van der Waals surface area contributed by atoms with Gasteiger partial charge < -0.3 is 9.64 Å². The molecule has 6 heteroatoms. The molecule has 3 aromatic rings. The fourth-order valence-corrected chi connectivity index (χ4v) is 4.16. The van der Waals surface area contributed by atoms with Crippen molar-refractivity contribution in [3.63, 3.8) is 0 Å². The number of hydrogen-bond acceptors (Lipinski definition) is 4. The molecule has 0 radical (unpaired) electrons. The Balaban J connectivity index is 1.32. The number of piperidine rings is 1. The largest absolute Gasteiger partial charge is 0.444 e. The average Bonchev–Trinajstić information content (AvgIpc) is 3.21. The summed E-state index contributed by atoms with van der Waals surface area (Å²) in [4.78, 5) is 16.5. The fraction of sp³-hybridized carbons (Fsp3) is 0.440. The lowest BCUT2D eigenvalue weighted by molar-refractivity contribution is 0.0153. The summed E-state index contributed by atoms with van der Waals surface area (Å²) >= 11 is 0. The van der Waals surface area contributed by atoms with Gasteiger partial charge in [-0.1, -0.05) is 30.3 Å². The Morgan fingerprint density at radius 2 is 1.81 bits per heavy atom. The van der Waals surface area contributed by atoms with Gasteiger partial charge in [-0.05, 0) is 69.5 Å². The predicted octanol–water partition coefficient (Wildman–Crippen LogP) is 5.06. The summed E-state index contributed by atoms with van der Waals surface area (Å²) in [6, 6.07) is 15.6. The van der Waals surface area contributed by atoms with Crippen molar-refractivity contribution in [2.75, 3.05) is 20.1 Å². The molecule has 0 bridgehead atoms. The minimum absolute atomic E-state index is 0.196. The maximum Gasteiger partial charge on any atom is 0.410 e. The van der Waals surface area contributed by atoms with Crippen LogP contribution in [0.4, 0.5) is 4.79 Å². The number of carbonyl (C=O) groups is 1. The smallest absolute Gasteiger partial charge is 0.410 e. The van der Waals surface area contributed by atoms with Crippen LogP contribution in [-0.4, -0.2) is 57.9 Å². The van der Waals surface area contributed by atoms with E-state index < -0.39 is 5.60 Å². The van der Waals surface area contributed by atoms with Gasteiger partial charge in [-0.15, -0.1) is 0 Å². The van der Waals surface area contributed by atoms with Crippen molar-refractivity contribution in [3.05, 3.63) is 54.2 Å². The van der Waals surface area contributed by atoms with Crippen LogP contribution in [0, 0.1) is 0 Å². The number of nitrogens with one attached hydrogen (secondary N) is 1. The van der Waals surface area contributed by atoms with E-state index >= 15 is 0 Å². The van der Waals surface area contributed by atoms with Crippen LogP contribution in [0.15, 0.2) is 48.7 Å². The Morgan fingerprint density at radius 3 is 2.48 bits per heavy atom. The second kappa shape index (κ2) is 8.71. The molecule has 164 valence electrons. The van der Waals surface area contributed by atoms with Gasteiger partial charge in [0.25, 0.3) is 0 Å². The molecule has 6 nitrogen and oxygen atoms in total. The first-order valence-electron chi connectivity index (χ1n) is 11.0. The number of carbonyl (C=O) groups excluding carboxylic acids is 1. The molecule has 4 rings (SSSR count). The monoisotopic (exact) mass is 420 g/mol. The third-order valence-corrected chi connectivity index (χ3v) is 5.90. The van der Waals surface area contributed by atoms with E-state index in [0.717, 1.165) is 43.4 Å². The van der Waals surface area contributed by atoms with Crippen molar-refractivity contribution in [2.24, 2.45) is 0 Å². The summed E-state index contributed by atoms with van der Waals surface area (Å²) in [6.45, 7) is 8.13.